The number of furan rings is 1. The molecule has 3 heterocycles. The van der Waals surface area contributed by atoms with Crippen LogP contribution in [0.1, 0.15) is 68.0 Å². The molecule has 3 rings (SSSR count). The number of fused-ring (bicyclic) bond motifs is 3. The van der Waals surface area contributed by atoms with Crippen molar-refractivity contribution < 1.29 is 38.1 Å². The molecule has 0 aromatic carbocycles. The van der Waals surface area contributed by atoms with Gasteiger partial charge in [-0.1, -0.05) is 12.2 Å². The lowest BCUT2D eigenvalue weighted by Gasteiger charge is -2.32. The molecule has 168 valence electrons. The largest absolute Gasteiger partial charge is 0.465 e. The number of hydrogen-bond donors (Lipinski definition) is 1. The molecule has 1 N–H and O–H groups in total. The lowest BCUT2D eigenvalue weighted by Crippen LogP contribution is -2.38. The second kappa shape index (κ2) is 8.70. The van der Waals surface area contributed by atoms with Gasteiger partial charge in [-0.05, 0) is 44.7 Å². The normalized spacial score (nSPS) is 28.4. The molecule has 1 aromatic heterocycles. The van der Waals surface area contributed by atoms with Gasteiger partial charge in [-0.3, -0.25) is 4.79 Å². The Morgan fingerprint density at radius 3 is 2.65 bits per heavy atom. The highest BCUT2D eigenvalue weighted by Crippen LogP contribution is 2.39. The third-order valence-corrected chi connectivity index (χ3v) is 5.75. The van der Waals surface area contributed by atoms with Crippen LogP contribution in [-0.2, 0) is 30.2 Å². The number of allylic oxidation sites excluding steroid dienone is 1. The van der Waals surface area contributed by atoms with Crippen molar-refractivity contribution in [3.05, 3.63) is 47.0 Å². The number of hydrogen-bond acceptors (Lipinski definition) is 8. The van der Waals surface area contributed by atoms with Crippen LogP contribution in [0.2, 0.25) is 0 Å². The monoisotopic (exact) mass is 432 g/mol. The minimum atomic E-state index is -1.65. The topological polar surface area (TPSA) is 112 Å². The van der Waals surface area contributed by atoms with Crippen molar-refractivity contribution in [2.24, 2.45) is 5.92 Å². The molecule has 0 amide bonds. The zero-order valence-electron chi connectivity index (χ0n) is 18.2. The third-order valence-electron chi connectivity index (χ3n) is 5.75. The van der Waals surface area contributed by atoms with Crippen molar-refractivity contribution in [3.63, 3.8) is 0 Å². The van der Waals surface area contributed by atoms with Crippen LogP contribution in [0.15, 0.2) is 34.3 Å². The molecule has 0 spiro atoms. The first-order chi connectivity index (χ1) is 14.5. The molecule has 0 saturated carbocycles. The van der Waals surface area contributed by atoms with Gasteiger partial charge in [0.05, 0.1) is 7.11 Å². The van der Waals surface area contributed by atoms with Crippen LogP contribution < -0.4 is 0 Å². The first kappa shape index (κ1) is 22.8. The lowest BCUT2D eigenvalue weighted by molar-refractivity contribution is -0.169. The van der Waals surface area contributed by atoms with Gasteiger partial charge in [-0.25, -0.2) is 9.59 Å². The molecule has 0 saturated heterocycles. The van der Waals surface area contributed by atoms with E-state index in [1.165, 1.54) is 27.0 Å². The van der Waals surface area contributed by atoms with Gasteiger partial charge < -0.3 is 23.7 Å². The SMILES string of the molecule is C=C(C)[C@@H]1CCC2=C[C@H](C[C@@](C)(O)[C@@H](OC(C)=O)c3cc(C(=O)OC)c(o3)C1)OC2=O. The van der Waals surface area contributed by atoms with Crippen LogP contribution in [0.25, 0.3) is 0 Å². The van der Waals surface area contributed by atoms with Crippen molar-refractivity contribution >= 4 is 17.9 Å². The summed E-state index contributed by atoms with van der Waals surface area (Å²) >= 11 is 0. The van der Waals surface area contributed by atoms with Crippen molar-refractivity contribution in [2.45, 2.75) is 64.3 Å². The zero-order valence-corrected chi connectivity index (χ0v) is 18.2. The summed E-state index contributed by atoms with van der Waals surface area (Å²) in [7, 11) is 1.26. The molecule has 1 aromatic rings. The van der Waals surface area contributed by atoms with Gasteiger partial charge in [0, 0.05) is 25.3 Å². The minimum Gasteiger partial charge on any atom is -0.465 e. The second-order valence-electron chi connectivity index (χ2n) is 8.45. The number of carbonyl (C=O) groups is 3. The average molecular weight is 432 g/mol. The van der Waals surface area contributed by atoms with Crippen LogP contribution in [0.5, 0.6) is 0 Å². The van der Waals surface area contributed by atoms with Crippen molar-refractivity contribution in [3.8, 4) is 0 Å². The summed E-state index contributed by atoms with van der Waals surface area (Å²) in [5.74, 6) is -1.27. The molecular weight excluding hydrogens is 404 g/mol. The minimum absolute atomic E-state index is 0.0201. The van der Waals surface area contributed by atoms with E-state index in [0.717, 1.165) is 5.57 Å². The summed E-state index contributed by atoms with van der Waals surface area (Å²) in [5.41, 5.74) is -0.0471. The number of esters is 3. The molecule has 8 nitrogen and oxygen atoms in total. The van der Waals surface area contributed by atoms with Gasteiger partial charge in [0.1, 0.15) is 28.8 Å². The Hall–Kier alpha value is -2.87. The summed E-state index contributed by atoms with van der Waals surface area (Å²) in [6.07, 6.45) is 1.19. The smallest absolute Gasteiger partial charge is 0.341 e. The maximum absolute atomic E-state index is 12.4. The molecule has 0 unspecified atom stereocenters. The predicted molar refractivity (Wildman–Crippen MR) is 109 cm³/mol. The summed E-state index contributed by atoms with van der Waals surface area (Å²) in [6.45, 7) is 8.60. The molecular formula is C23H28O8. The summed E-state index contributed by atoms with van der Waals surface area (Å²) in [5, 5.41) is 11.2. The number of methoxy groups -OCH3 is 1. The van der Waals surface area contributed by atoms with E-state index in [9.17, 15) is 19.5 Å². The Morgan fingerprint density at radius 1 is 1.32 bits per heavy atom. The first-order valence-corrected chi connectivity index (χ1v) is 10.2. The van der Waals surface area contributed by atoms with Crippen LogP contribution >= 0.6 is 0 Å². The van der Waals surface area contributed by atoms with E-state index >= 15 is 0 Å². The molecule has 0 radical (unpaired) electrons. The maximum atomic E-state index is 12.4. The van der Waals surface area contributed by atoms with Crippen LogP contribution in [0.3, 0.4) is 0 Å². The van der Waals surface area contributed by atoms with Crippen LogP contribution in [-0.4, -0.2) is 41.8 Å². The average Bonchev–Trinajstić information content (AvgIpc) is 3.24. The van der Waals surface area contributed by atoms with E-state index in [2.05, 4.69) is 6.58 Å². The van der Waals surface area contributed by atoms with E-state index in [0.29, 0.717) is 30.6 Å². The standard InChI is InChI=1S/C23H28O8/c1-12(2)14-6-7-15-8-16(30-21(15)25)11-23(4,27)20(29-13(3)24)19-10-17(22(26)28-5)18(9-14)31-19/h8,10,14,16,20,27H,1,6-7,9,11H2,2-5H3/t14-,16-,20+,23-/m1/s1. The quantitative estimate of drug-likeness (QED) is 0.440. The van der Waals surface area contributed by atoms with E-state index in [1.807, 2.05) is 6.92 Å². The number of rotatable bonds is 3. The first-order valence-electron chi connectivity index (χ1n) is 10.2. The predicted octanol–water partition coefficient (Wildman–Crippen LogP) is 3.19. The van der Waals surface area contributed by atoms with E-state index < -0.39 is 35.7 Å². The fraction of sp³-hybridized carbons (Fsp3) is 0.522. The summed E-state index contributed by atoms with van der Waals surface area (Å²) in [6, 6.07) is 1.44. The van der Waals surface area contributed by atoms with E-state index in [1.54, 1.807) is 6.08 Å². The molecule has 0 aliphatic carbocycles. The molecule has 8 heteroatoms. The Bertz CT molecular complexity index is 935. The third kappa shape index (κ3) is 4.90. The van der Waals surface area contributed by atoms with Gasteiger partial charge in [0.2, 0.25) is 0 Å². The van der Waals surface area contributed by atoms with Gasteiger partial charge in [0.15, 0.2) is 6.10 Å². The van der Waals surface area contributed by atoms with Crippen molar-refractivity contribution in [1.82, 2.24) is 0 Å². The molecule has 2 aliphatic heterocycles. The van der Waals surface area contributed by atoms with Crippen molar-refractivity contribution in [2.75, 3.05) is 7.11 Å². The highest BCUT2D eigenvalue weighted by Gasteiger charge is 2.43. The number of aliphatic hydroxyl groups is 1. The maximum Gasteiger partial charge on any atom is 0.341 e. The zero-order chi connectivity index (χ0) is 22.9. The highest BCUT2D eigenvalue weighted by molar-refractivity contribution is 5.91. The van der Waals surface area contributed by atoms with Crippen molar-refractivity contribution in [1.29, 1.82) is 0 Å². The van der Waals surface area contributed by atoms with Gasteiger partial charge in [-0.15, -0.1) is 0 Å². The van der Waals surface area contributed by atoms with Gasteiger partial charge in [0.25, 0.3) is 0 Å². The van der Waals surface area contributed by atoms with Gasteiger partial charge in [-0.2, -0.15) is 0 Å². The molecule has 31 heavy (non-hydrogen) atoms. The Morgan fingerprint density at radius 2 is 2.03 bits per heavy atom. The van der Waals surface area contributed by atoms with E-state index in [-0.39, 0.29) is 23.7 Å². The van der Waals surface area contributed by atoms with Crippen LogP contribution in [0.4, 0.5) is 0 Å². The Kier molecular flexibility index (Phi) is 6.40. The fourth-order valence-electron chi connectivity index (χ4n) is 4.09. The molecule has 2 aliphatic rings. The summed E-state index contributed by atoms with van der Waals surface area (Å²) in [4.78, 5) is 36.5. The number of ether oxygens (including phenoxy) is 3. The Labute approximate surface area is 180 Å². The Balaban J connectivity index is 2.13. The fourth-order valence-corrected chi connectivity index (χ4v) is 4.09. The van der Waals surface area contributed by atoms with E-state index in [4.69, 9.17) is 18.6 Å². The highest BCUT2D eigenvalue weighted by atomic mass is 16.6. The summed E-state index contributed by atoms with van der Waals surface area (Å²) < 4.78 is 21.7. The number of carbonyl (C=O) groups excluding carboxylic acids is 3. The van der Waals surface area contributed by atoms with Crippen LogP contribution in [0, 0.1) is 5.92 Å². The molecule has 0 fully saturated rings. The molecule has 4 bridgehead atoms. The lowest BCUT2D eigenvalue weighted by atomic mass is 9.87. The second-order valence-corrected chi connectivity index (χ2v) is 8.45. The molecule has 4 atom stereocenters. The van der Waals surface area contributed by atoms with Gasteiger partial charge >= 0.3 is 17.9 Å².